The van der Waals surface area contributed by atoms with E-state index < -0.39 is 24.5 Å². The molecule has 3 amide bonds. The lowest BCUT2D eigenvalue weighted by atomic mass is 10.1. The van der Waals surface area contributed by atoms with Crippen molar-refractivity contribution in [2.75, 3.05) is 6.61 Å². The maximum Gasteiger partial charge on any atom is 0.338 e. The lowest BCUT2D eigenvalue weighted by molar-refractivity contribution is -0.123. The van der Waals surface area contributed by atoms with Crippen LogP contribution in [0.15, 0.2) is 24.3 Å². The number of hydrogen-bond donors (Lipinski definition) is 2. The summed E-state index contributed by atoms with van der Waals surface area (Å²) in [6.45, 7) is -0.545. The predicted molar refractivity (Wildman–Crippen MR) is 80.4 cm³/mol. The predicted octanol–water partition coefficient (Wildman–Crippen LogP) is 1.48. The second-order valence-corrected chi connectivity index (χ2v) is 5.27. The Morgan fingerprint density at radius 2 is 1.83 bits per heavy atom. The molecule has 0 radical (unpaired) electrons. The molecule has 0 heterocycles. The molecule has 1 saturated carbocycles. The van der Waals surface area contributed by atoms with Crippen LogP contribution in [-0.2, 0) is 9.53 Å². The zero-order valence-corrected chi connectivity index (χ0v) is 12.5. The first kappa shape index (κ1) is 16.5. The number of carbonyl (C=O) groups is 3. The summed E-state index contributed by atoms with van der Waals surface area (Å²) in [5.74, 6) is -1.39. The summed E-state index contributed by atoms with van der Waals surface area (Å²) in [7, 11) is 0. The van der Waals surface area contributed by atoms with E-state index in [2.05, 4.69) is 10.6 Å². The second kappa shape index (κ2) is 7.94. The van der Waals surface area contributed by atoms with Gasteiger partial charge in [0.05, 0.1) is 17.2 Å². The highest BCUT2D eigenvalue weighted by atomic mass is 16.5. The van der Waals surface area contributed by atoms with Crippen molar-refractivity contribution in [2.24, 2.45) is 0 Å². The molecule has 1 fully saturated rings. The minimum absolute atomic E-state index is 0.101. The first-order chi connectivity index (χ1) is 11.1. The molecule has 1 aromatic rings. The van der Waals surface area contributed by atoms with Crippen LogP contribution in [0, 0.1) is 11.3 Å². The average molecular weight is 315 g/mol. The molecule has 23 heavy (non-hydrogen) atoms. The number of benzene rings is 1. The third-order valence-electron chi connectivity index (χ3n) is 3.53. The van der Waals surface area contributed by atoms with Crippen molar-refractivity contribution in [1.29, 1.82) is 5.26 Å². The Kier molecular flexibility index (Phi) is 5.69. The molecule has 120 valence electrons. The minimum Gasteiger partial charge on any atom is -0.452 e. The highest BCUT2D eigenvalue weighted by Crippen LogP contribution is 2.17. The molecule has 1 aromatic carbocycles. The van der Waals surface area contributed by atoms with Gasteiger partial charge < -0.3 is 10.1 Å². The number of amides is 3. The monoisotopic (exact) mass is 315 g/mol. The second-order valence-electron chi connectivity index (χ2n) is 5.27. The van der Waals surface area contributed by atoms with E-state index >= 15 is 0 Å². The number of nitriles is 1. The number of nitrogens with zero attached hydrogens (tertiary/aromatic N) is 1. The quantitative estimate of drug-likeness (QED) is 0.818. The Labute approximate surface area is 133 Å². The zero-order chi connectivity index (χ0) is 16.7. The average Bonchev–Trinajstić information content (AvgIpc) is 3.05. The maximum atomic E-state index is 11.7. The Bertz CT molecular complexity index is 628. The van der Waals surface area contributed by atoms with Gasteiger partial charge in [-0.05, 0) is 37.1 Å². The van der Waals surface area contributed by atoms with Gasteiger partial charge in [-0.25, -0.2) is 9.59 Å². The van der Waals surface area contributed by atoms with Crippen molar-refractivity contribution in [3.63, 3.8) is 0 Å². The van der Waals surface area contributed by atoms with E-state index in [9.17, 15) is 14.4 Å². The van der Waals surface area contributed by atoms with Gasteiger partial charge in [0.15, 0.2) is 6.61 Å². The van der Waals surface area contributed by atoms with E-state index in [0.29, 0.717) is 5.56 Å². The molecule has 1 aliphatic rings. The van der Waals surface area contributed by atoms with Gasteiger partial charge in [-0.15, -0.1) is 0 Å². The fraction of sp³-hybridized carbons (Fsp3) is 0.375. The number of imide groups is 1. The normalized spacial score (nSPS) is 13.9. The summed E-state index contributed by atoms with van der Waals surface area (Å²) >= 11 is 0. The molecule has 0 bridgehead atoms. The fourth-order valence-corrected chi connectivity index (χ4v) is 2.35. The third-order valence-corrected chi connectivity index (χ3v) is 3.53. The summed E-state index contributed by atoms with van der Waals surface area (Å²) in [5.41, 5.74) is 0.648. The van der Waals surface area contributed by atoms with Crippen LogP contribution in [-0.4, -0.2) is 30.6 Å². The minimum atomic E-state index is -0.694. The number of urea groups is 1. The molecule has 0 aliphatic heterocycles. The molecule has 0 saturated heterocycles. The van der Waals surface area contributed by atoms with Crippen LogP contribution in [0.4, 0.5) is 4.79 Å². The van der Waals surface area contributed by atoms with E-state index in [1.165, 1.54) is 24.3 Å². The van der Waals surface area contributed by atoms with Crippen molar-refractivity contribution < 1.29 is 19.1 Å². The van der Waals surface area contributed by atoms with Crippen LogP contribution < -0.4 is 10.6 Å². The smallest absolute Gasteiger partial charge is 0.338 e. The van der Waals surface area contributed by atoms with Crippen LogP contribution >= 0.6 is 0 Å². The fourth-order valence-electron chi connectivity index (χ4n) is 2.35. The summed E-state index contributed by atoms with van der Waals surface area (Å²) in [5, 5.41) is 13.5. The van der Waals surface area contributed by atoms with E-state index in [1.54, 1.807) is 0 Å². The summed E-state index contributed by atoms with van der Waals surface area (Å²) < 4.78 is 4.82. The molecule has 1 aliphatic carbocycles. The van der Waals surface area contributed by atoms with Crippen molar-refractivity contribution in [1.82, 2.24) is 10.6 Å². The van der Waals surface area contributed by atoms with E-state index in [1.807, 2.05) is 6.07 Å². The van der Waals surface area contributed by atoms with Gasteiger partial charge >= 0.3 is 12.0 Å². The van der Waals surface area contributed by atoms with E-state index in [4.69, 9.17) is 10.00 Å². The van der Waals surface area contributed by atoms with Gasteiger partial charge in [0.1, 0.15) is 0 Å². The molecule has 0 aromatic heterocycles. The van der Waals surface area contributed by atoms with Crippen LogP contribution in [0.5, 0.6) is 0 Å². The lowest BCUT2D eigenvalue weighted by Crippen LogP contribution is -2.44. The highest BCUT2D eigenvalue weighted by Gasteiger charge is 2.18. The first-order valence-electron chi connectivity index (χ1n) is 7.36. The van der Waals surface area contributed by atoms with Gasteiger partial charge in [0.2, 0.25) is 0 Å². The topological polar surface area (TPSA) is 108 Å². The van der Waals surface area contributed by atoms with E-state index in [-0.39, 0.29) is 11.6 Å². The molecule has 2 rings (SSSR count). The maximum absolute atomic E-state index is 11.7. The van der Waals surface area contributed by atoms with Crippen LogP contribution in [0.25, 0.3) is 0 Å². The molecule has 0 spiro atoms. The molecule has 7 nitrogen and oxygen atoms in total. The standard InChI is InChI=1S/C16H17N3O4/c17-9-11-5-7-12(8-6-11)15(21)23-10-14(20)19-16(22)18-13-3-1-2-4-13/h5-8,13H,1-4,10H2,(H2,18,19,20,22). The van der Waals surface area contributed by atoms with Gasteiger partial charge in [0, 0.05) is 6.04 Å². The van der Waals surface area contributed by atoms with Crippen LogP contribution in [0.1, 0.15) is 41.6 Å². The van der Waals surface area contributed by atoms with Crippen LogP contribution in [0.2, 0.25) is 0 Å². The highest BCUT2D eigenvalue weighted by molar-refractivity contribution is 5.97. The molecule has 0 atom stereocenters. The Hall–Kier alpha value is -2.88. The van der Waals surface area contributed by atoms with Crippen LogP contribution in [0.3, 0.4) is 0 Å². The third kappa shape index (κ3) is 5.11. The molecular weight excluding hydrogens is 298 g/mol. The van der Waals surface area contributed by atoms with Crippen molar-refractivity contribution >= 4 is 17.9 Å². The Morgan fingerprint density at radius 3 is 2.43 bits per heavy atom. The summed E-state index contributed by atoms with van der Waals surface area (Å²) in [4.78, 5) is 34.9. The zero-order valence-electron chi connectivity index (χ0n) is 12.5. The molecular formula is C16H17N3O4. The first-order valence-corrected chi connectivity index (χ1v) is 7.36. The molecule has 7 heteroatoms. The van der Waals surface area contributed by atoms with Crippen molar-refractivity contribution in [3.05, 3.63) is 35.4 Å². The van der Waals surface area contributed by atoms with Gasteiger partial charge in [-0.3, -0.25) is 10.1 Å². The molecule has 2 N–H and O–H groups in total. The van der Waals surface area contributed by atoms with Crippen molar-refractivity contribution in [2.45, 2.75) is 31.7 Å². The summed E-state index contributed by atoms with van der Waals surface area (Å²) in [6.07, 6.45) is 3.97. The largest absolute Gasteiger partial charge is 0.452 e. The van der Waals surface area contributed by atoms with E-state index in [0.717, 1.165) is 25.7 Å². The molecule has 0 unspecified atom stereocenters. The lowest BCUT2D eigenvalue weighted by Gasteiger charge is -2.12. The van der Waals surface area contributed by atoms with Gasteiger partial charge in [-0.1, -0.05) is 12.8 Å². The Morgan fingerprint density at radius 1 is 1.17 bits per heavy atom. The SMILES string of the molecule is N#Cc1ccc(C(=O)OCC(=O)NC(=O)NC2CCCC2)cc1. The number of esters is 1. The number of nitrogens with one attached hydrogen (secondary N) is 2. The number of ether oxygens (including phenoxy) is 1. The van der Waals surface area contributed by atoms with Gasteiger partial charge in [-0.2, -0.15) is 5.26 Å². The van der Waals surface area contributed by atoms with Gasteiger partial charge in [0.25, 0.3) is 5.91 Å². The number of rotatable bonds is 4. The Balaban J connectivity index is 1.73. The number of carbonyl (C=O) groups excluding carboxylic acids is 3. The summed E-state index contributed by atoms with van der Waals surface area (Å²) in [6, 6.07) is 7.29. The van der Waals surface area contributed by atoms with Crippen molar-refractivity contribution in [3.8, 4) is 6.07 Å². The number of hydrogen-bond acceptors (Lipinski definition) is 5.